The molecule has 0 saturated carbocycles. The van der Waals surface area contributed by atoms with Gasteiger partial charge in [0, 0.05) is 28.8 Å². The second kappa shape index (κ2) is 13.5. The highest BCUT2D eigenvalue weighted by atomic mass is 16.5. The molecule has 0 amide bonds. The molecule has 6 heteroatoms. The van der Waals surface area contributed by atoms with Gasteiger partial charge < -0.3 is 31.2 Å². The SMILES string of the molecule is Nc1ccc(OC#Cc2ccc3cc(-c4ccccc4)ccc3c2-c2c(Oc3ccc(N)c(O)c3)ccc3cc(-c4ccccc4)ccc23)cc1O. The van der Waals surface area contributed by atoms with Crippen LogP contribution in [0.1, 0.15) is 5.56 Å². The molecule has 250 valence electrons. The number of nitrogen functional groups attached to an aromatic ring is 2. The van der Waals surface area contributed by atoms with E-state index in [-0.39, 0.29) is 22.9 Å². The average molecular weight is 677 g/mol. The molecule has 0 bridgehead atoms. The molecule has 0 spiro atoms. The minimum atomic E-state index is -0.0824. The highest BCUT2D eigenvalue weighted by Crippen LogP contribution is 2.45. The minimum absolute atomic E-state index is 0.0663. The molecule has 0 aliphatic rings. The summed E-state index contributed by atoms with van der Waals surface area (Å²) in [7, 11) is 0. The van der Waals surface area contributed by atoms with E-state index >= 15 is 0 Å². The number of benzene rings is 8. The van der Waals surface area contributed by atoms with Gasteiger partial charge in [0.2, 0.25) is 0 Å². The van der Waals surface area contributed by atoms with Crippen molar-refractivity contribution in [1.29, 1.82) is 0 Å². The number of rotatable bonds is 6. The fourth-order valence-electron chi connectivity index (χ4n) is 6.42. The Kier molecular flexibility index (Phi) is 8.28. The largest absolute Gasteiger partial charge is 0.506 e. The van der Waals surface area contributed by atoms with Gasteiger partial charge in [0.1, 0.15) is 34.9 Å². The van der Waals surface area contributed by atoms with Gasteiger partial charge in [-0.1, -0.05) is 97.1 Å². The van der Waals surface area contributed by atoms with E-state index < -0.39 is 0 Å². The molecule has 0 aliphatic heterocycles. The van der Waals surface area contributed by atoms with Crippen molar-refractivity contribution in [2.45, 2.75) is 0 Å². The van der Waals surface area contributed by atoms with Crippen LogP contribution in [0.4, 0.5) is 11.4 Å². The molecular formula is C46H32N2O4. The number of nitrogens with two attached hydrogens (primary N) is 2. The molecule has 6 N–H and O–H groups in total. The lowest BCUT2D eigenvalue weighted by Gasteiger charge is -2.19. The molecule has 8 aromatic rings. The number of anilines is 2. The lowest BCUT2D eigenvalue weighted by atomic mass is 9.88. The van der Waals surface area contributed by atoms with Gasteiger partial charge >= 0.3 is 0 Å². The zero-order valence-corrected chi connectivity index (χ0v) is 27.9. The Morgan fingerprint density at radius 1 is 0.462 bits per heavy atom. The summed E-state index contributed by atoms with van der Waals surface area (Å²) in [4.78, 5) is 0. The van der Waals surface area contributed by atoms with Crippen LogP contribution >= 0.6 is 0 Å². The average Bonchev–Trinajstić information content (AvgIpc) is 3.18. The van der Waals surface area contributed by atoms with E-state index in [1.807, 2.05) is 54.6 Å². The number of aromatic hydroxyl groups is 2. The normalized spacial score (nSPS) is 10.8. The smallest absolute Gasteiger partial charge is 0.144 e. The molecule has 0 heterocycles. The maximum Gasteiger partial charge on any atom is 0.144 e. The molecular weight excluding hydrogens is 645 g/mol. The van der Waals surface area contributed by atoms with Gasteiger partial charge in [-0.25, -0.2) is 0 Å². The Morgan fingerprint density at radius 3 is 1.60 bits per heavy atom. The Bertz CT molecular complexity index is 2680. The van der Waals surface area contributed by atoms with E-state index in [1.54, 1.807) is 24.3 Å². The molecule has 0 saturated heterocycles. The summed E-state index contributed by atoms with van der Waals surface area (Å²) < 4.78 is 12.4. The molecule has 0 radical (unpaired) electrons. The molecule has 0 fully saturated rings. The first kappa shape index (κ1) is 31.9. The fourth-order valence-corrected chi connectivity index (χ4v) is 6.42. The highest BCUT2D eigenvalue weighted by Gasteiger charge is 2.20. The van der Waals surface area contributed by atoms with Gasteiger partial charge in [0.15, 0.2) is 0 Å². The Hall–Kier alpha value is -7.36. The van der Waals surface area contributed by atoms with Crippen molar-refractivity contribution >= 4 is 32.9 Å². The van der Waals surface area contributed by atoms with E-state index in [0.29, 0.717) is 22.8 Å². The van der Waals surface area contributed by atoms with Crippen LogP contribution in [0, 0.1) is 12.0 Å². The number of hydrogen-bond acceptors (Lipinski definition) is 6. The third-order valence-electron chi connectivity index (χ3n) is 9.05. The van der Waals surface area contributed by atoms with E-state index in [4.69, 9.17) is 20.9 Å². The highest BCUT2D eigenvalue weighted by molar-refractivity contribution is 6.10. The molecule has 52 heavy (non-hydrogen) atoms. The lowest BCUT2D eigenvalue weighted by Crippen LogP contribution is -1.96. The first-order valence-electron chi connectivity index (χ1n) is 16.7. The van der Waals surface area contributed by atoms with Gasteiger partial charge in [-0.2, -0.15) is 0 Å². The molecule has 0 aliphatic carbocycles. The van der Waals surface area contributed by atoms with Crippen LogP contribution in [0.2, 0.25) is 0 Å². The molecule has 6 nitrogen and oxygen atoms in total. The van der Waals surface area contributed by atoms with Crippen molar-refractivity contribution in [2.75, 3.05) is 11.5 Å². The predicted octanol–water partition coefficient (Wildman–Crippen LogP) is 10.7. The standard InChI is InChI=1S/C46H32N2O4/c47-40-20-16-36(27-42(40)49)51-24-23-31-11-12-34-25-32(29-7-3-1-4-8-29)13-18-38(34)45(31)46-39-19-14-33(30-9-5-2-6-10-30)26-35(39)15-22-44(46)52-37-17-21-41(48)43(50)28-37/h1-22,25-28,49-50H,47-48H2. The summed E-state index contributed by atoms with van der Waals surface area (Å²) in [5.41, 5.74) is 19.0. The van der Waals surface area contributed by atoms with Crippen molar-refractivity contribution in [1.82, 2.24) is 0 Å². The number of fused-ring (bicyclic) bond motifs is 2. The Morgan fingerprint density at radius 2 is 1.00 bits per heavy atom. The first-order chi connectivity index (χ1) is 25.4. The van der Waals surface area contributed by atoms with Gasteiger partial charge in [0.05, 0.1) is 11.4 Å². The van der Waals surface area contributed by atoms with Gasteiger partial charge in [-0.05, 0) is 98.3 Å². The maximum absolute atomic E-state index is 10.4. The summed E-state index contributed by atoms with van der Waals surface area (Å²) in [6.07, 6.45) is 2.85. The second-order valence-electron chi connectivity index (χ2n) is 12.4. The van der Waals surface area contributed by atoms with Crippen molar-refractivity contribution in [3.05, 3.63) is 163 Å². The van der Waals surface area contributed by atoms with Crippen LogP contribution in [0.5, 0.6) is 28.7 Å². The van der Waals surface area contributed by atoms with Gasteiger partial charge in [-0.15, -0.1) is 0 Å². The summed E-state index contributed by atoms with van der Waals surface area (Å²) in [6, 6.07) is 50.9. The monoisotopic (exact) mass is 676 g/mol. The number of hydrogen-bond donors (Lipinski definition) is 4. The third kappa shape index (κ3) is 6.26. The van der Waals surface area contributed by atoms with Crippen LogP contribution in [0.3, 0.4) is 0 Å². The van der Waals surface area contributed by atoms with Crippen LogP contribution < -0.4 is 20.9 Å². The zero-order valence-electron chi connectivity index (χ0n) is 27.9. The molecule has 0 atom stereocenters. The van der Waals surface area contributed by atoms with Crippen LogP contribution in [-0.4, -0.2) is 10.2 Å². The van der Waals surface area contributed by atoms with Crippen molar-refractivity contribution < 1.29 is 19.7 Å². The lowest BCUT2D eigenvalue weighted by molar-refractivity contribution is 0.458. The van der Waals surface area contributed by atoms with Gasteiger partial charge in [-0.3, -0.25) is 0 Å². The Balaban J connectivity index is 1.37. The molecule has 8 rings (SSSR count). The van der Waals surface area contributed by atoms with E-state index in [2.05, 4.69) is 78.8 Å². The molecule has 0 unspecified atom stereocenters. The number of ether oxygens (including phenoxy) is 2. The predicted molar refractivity (Wildman–Crippen MR) is 210 cm³/mol. The summed E-state index contributed by atoms with van der Waals surface area (Å²) in [5.74, 6) is 4.45. The van der Waals surface area contributed by atoms with E-state index in [9.17, 15) is 10.2 Å². The molecule has 0 aromatic heterocycles. The minimum Gasteiger partial charge on any atom is -0.506 e. The zero-order chi connectivity index (χ0) is 35.6. The summed E-state index contributed by atoms with van der Waals surface area (Å²) >= 11 is 0. The van der Waals surface area contributed by atoms with Crippen LogP contribution in [0.15, 0.2) is 158 Å². The topological polar surface area (TPSA) is 111 Å². The quantitative estimate of drug-likeness (QED) is 0.0792. The van der Waals surface area contributed by atoms with Gasteiger partial charge in [0.25, 0.3) is 0 Å². The fraction of sp³-hybridized carbons (Fsp3) is 0. The van der Waals surface area contributed by atoms with E-state index in [1.165, 1.54) is 12.1 Å². The first-order valence-corrected chi connectivity index (χ1v) is 16.7. The number of phenolic OH excluding ortho intramolecular Hbond substituents is 2. The van der Waals surface area contributed by atoms with Crippen molar-refractivity contribution in [2.24, 2.45) is 0 Å². The maximum atomic E-state index is 10.4. The summed E-state index contributed by atoms with van der Waals surface area (Å²) in [5, 5.41) is 24.5. The third-order valence-corrected chi connectivity index (χ3v) is 9.05. The Labute approximate surface area is 300 Å². The van der Waals surface area contributed by atoms with E-state index in [0.717, 1.165) is 54.9 Å². The van der Waals surface area contributed by atoms with Crippen LogP contribution in [0.25, 0.3) is 54.9 Å². The number of phenols is 2. The van der Waals surface area contributed by atoms with Crippen molar-refractivity contribution in [3.8, 4) is 74.2 Å². The molecule has 8 aromatic carbocycles. The second-order valence-corrected chi connectivity index (χ2v) is 12.4. The summed E-state index contributed by atoms with van der Waals surface area (Å²) in [6.45, 7) is 0. The van der Waals surface area contributed by atoms with Crippen molar-refractivity contribution in [3.63, 3.8) is 0 Å². The van der Waals surface area contributed by atoms with Crippen LogP contribution in [-0.2, 0) is 0 Å².